The molecule has 4 rings (SSSR count). The number of carbonyl (C=O) groups is 3. The van der Waals surface area contributed by atoms with Crippen LogP contribution in [0.5, 0.6) is 0 Å². The quantitative estimate of drug-likeness (QED) is 0.377. The standard InChI is InChI=1S/C29H28O8/c1-27(19-34-23(30)20-13-7-4-8-14-20)29(3,36-25(32)22-17-11-6-12-18-22)28(2,33)26(37-27)35-24(31)21-15-9-5-10-16-21/h4-18,26,33H,19H2,1-3H3. The largest absolute Gasteiger partial charge is 0.459 e. The molecular weight excluding hydrogens is 476 g/mol. The Kier molecular flexibility index (Phi) is 7.16. The van der Waals surface area contributed by atoms with E-state index in [1.54, 1.807) is 91.0 Å². The Morgan fingerprint density at radius 2 is 1.16 bits per heavy atom. The van der Waals surface area contributed by atoms with Crippen LogP contribution in [0.4, 0.5) is 0 Å². The third-order valence-electron chi connectivity index (χ3n) is 6.82. The minimum absolute atomic E-state index is 0.243. The van der Waals surface area contributed by atoms with Crippen LogP contribution in [0.15, 0.2) is 91.0 Å². The van der Waals surface area contributed by atoms with Crippen molar-refractivity contribution >= 4 is 17.9 Å². The molecule has 1 fully saturated rings. The zero-order valence-corrected chi connectivity index (χ0v) is 20.7. The molecule has 0 spiro atoms. The molecule has 1 aliphatic heterocycles. The molecule has 1 aliphatic rings. The van der Waals surface area contributed by atoms with Crippen molar-refractivity contribution < 1.29 is 38.4 Å². The molecular formula is C29H28O8. The average molecular weight is 505 g/mol. The maximum absolute atomic E-state index is 13.1. The molecule has 1 N–H and O–H groups in total. The SMILES string of the molecule is CC1(COC(=O)c2ccccc2)OC(OC(=O)c2ccccc2)C(C)(O)C1(C)OC(=O)c1ccccc1. The fourth-order valence-electron chi connectivity index (χ4n) is 4.16. The lowest BCUT2D eigenvalue weighted by molar-refractivity contribution is -0.188. The Morgan fingerprint density at radius 1 is 0.730 bits per heavy atom. The highest BCUT2D eigenvalue weighted by molar-refractivity contribution is 5.91. The minimum Gasteiger partial charge on any atom is -0.459 e. The first kappa shape index (κ1) is 26.1. The average Bonchev–Trinajstić information content (AvgIpc) is 3.05. The second-order valence-electron chi connectivity index (χ2n) is 9.33. The van der Waals surface area contributed by atoms with Crippen molar-refractivity contribution in [2.45, 2.75) is 43.9 Å². The smallest absolute Gasteiger partial charge is 0.340 e. The predicted molar refractivity (Wildman–Crippen MR) is 133 cm³/mol. The maximum Gasteiger partial charge on any atom is 0.340 e. The number of carbonyl (C=O) groups excluding carboxylic acids is 3. The van der Waals surface area contributed by atoms with Gasteiger partial charge in [0.25, 0.3) is 0 Å². The third kappa shape index (κ3) is 4.98. The summed E-state index contributed by atoms with van der Waals surface area (Å²) in [5.41, 5.74) is -4.65. The third-order valence-corrected chi connectivity index (χ3v) is 6.82. The first-order chi connectivity index (χ1) is 17.6. The van der Waals surface area contributed by atoms with Crippen molar-refractivity contribution in [3.05, 3.63) is 108 Å². The van der Waals surface area contributed by atoms with Gasteiger partial charge in [0.15, 0.2) is 11.2 Å². The van der Waals surface area contributed by atoms with Gasteiger partial charge in [0.2, 0.25) is 6.29 Å². The molecule has 0 bridgehead atoms. The summed E-state index contributed by atoms with van der Waals surface area (Å²) in [5.74, 6) is -2.11. The highest BCUT2D eigenvalue weighted by Crippen LogP contribution is 2.50. The molecule has 37 heavy (non-hydrogen) atoms. The fraction of sp³-hybridized carbons (Fsp3) is 0.276. The number of esters is 3. The Bertz CT molecular complexity index is 1260. The van der Waals surface area contributed by atoms with Gasteiger partial charge in [-0.25, -0.2) is 14.4 Å². The zero-order valence-electron chi connectivity index (χ0n) is 20.7. The van der Waals surface area contributed by atoms with Gasteiger partial charge in [0, 0.05) is 0 Å². The summed E-state index contributed by atoms with van der Waals surface area (Å²) >= 11 is 0. The number of hydrogen-bond acceptors (Lipinski definition) is 8. The summed E-state index contributed by atoms with van der Waals surface area (Å²) in [6.07, 6.45) is -1.55. The van der Waals surface area contributed by atoms with Crippen molar-refractivity contribution in [2.75, 3.05) is 6.61 Å². The highest BCUT2D eigenvalue weighted by atomic mass is 16.8. The van der Waals surface area contributed by atoms with Crippen LogP contribution >= 0.6 is 0 Å². The van der Waals surface area contributed by atoms with Crippen molar-refractivity contribution in [1.29, 1.82) is 0 Å². The van der Waals surface area contributed by atoms with E-state index in [1.807, 2.05) is 0 Å². The van der Waals surface area contributed by atoms with Gasteiger partial charge in [-0.3, -0.25) is 0 Å². The Morgan fingerprint density at radius 3 is 1.65 bits per heavy atom. The molecule has 4 unspecified atom stereocenters. The van der Waals surface area contributed by atoms with Gasteiger partial charge in [-0.1, -0.05) is 54.6 Å². The van der Waals surface area contributed by atoms with Gasteiger partial charge in [0.1, 0.15) is 12.2 Å². The van der Waals surface area contributed by atoms with Gasteiger partial charge in [0.05, 0.1) is 16.7 Å². The molecule has 3 aromatic carbocycles. The summed E-state index contributed by atoms with van der Waals surface area (Å²) < 4.78 is 23.0. The summed E-state index contributed by atoms with van der Waals surface area (Å²) in [6.45, 7) is 3.92. The van der Waals surface area contributed by atoms with Gasteiger partial charge in [-0.05, 0) is 57.2 Å². The van der Waals surface area contributed by atoms with Crippen molar-refractivity contribution in [3.8, 4) is 0 Å². The molecule has 0 radical (unpaired) electrons. The highest BCUT2D eigenvalue weighted by Gasteiger charge is 2.72. The Balaban J connectivity index is 1.64. The van der Waals surface area contributed by atoms with Gasteiger partial charge in [-0.2, -0.15) is 0 Å². The topological polar surface area (TPSA) is 108 Å². The van der Waals surface area contributed by atoms with Crippen molar-refractivity contribution in [3.63, 3.8) is 0 Å². The van der Waals surface area contributed by atoms with E-state index < -0.39 is 47.6 Å². The summed E-state index contributed by atoms with van der Waals surface area (Å²) in [7, 11) is 0. The molecule has 3 aromatic rings. The van der Waals surface area contributed by atoms with Crippen LogP contribution in [0.1, 0.15) is 51.8 Å². The molecule has 1 heterocycles. The second kappa shape index (κ2) is 10.2. The van der Waals surface area contributed by atoms with E-state index in [2.05, 4.69) is 0 Å². The monoisotopic (exact) mass is 504 g/mol. The Hall–Kier alpha value is -4.01. The van der Waals surface area contributed by atoms with E-state index >= 15 is 0 Å². The Labute approximate surface area is 214 Å². The van der Waals surface area contributed by atoms with Gasteiger partial charge >= 0.3 is 17.9 Å². The molecule has 8 heteroatoms. The lowest BCUT2D eigenvalue weighted by Crippen LogP contribution is -2.63. The van der Waals surface area contributed by atoms with Crippen LogP contribution < -0.4 is 0 Å². The summed E-state index contributed by atoms with van der Waals surface area (Å²) in [5, 5.41) is 11.7. The summed E-state index contributed by atoms with van der Waals surface area (Å²) in [4.78, 5) is 38.6. The number of hydrogen-bond donors (Lipinski definition) is 1. The van der Waals surface area contributed by atoms with E-state index in [9.17, 15) is 19.5 Å². The first-order valence-electron chi connectivity index (χ1n) is 11.7. The number of rotatable bonds is 7. The molecule has 0 amide bonds. The van der Waals surface area contributed by atoms with E-state index in [1.165, 1.54) is 20.8 Å². The van der Waals surface area contributed by atoms with E-state index in [4.69, 9.17) is 18.9 Å². The first-order valence-corrected chi connectivity index (χ1v) is 11.7. The number of aliphatic hydroxyl groups is 1. The molecule has 8 nitrogen and oxygen atoms in total. The van der Waals surface area contributed by atoms with Crippen LogP contribution in [-0.4, -0.2) is 52.7 Å². The van der Waals surface area contributed by atoms with Crippen molar-refractivity contribution in [1.82, 2.24) is 0 Å². The lowest BCUT2D eigenvalue weighted by Gasteiger charge is -2.43. The van der Waals surface area contributed by atoms with Crippen LogP contribution in [0.25, 0.3) is 0 Å². The van der Waals surface area contributed by atoms with E-state index in [0.29, 0.717) is 5.56 Å². The van der Waals surface area contributed by atoms with E-state index in [-0.39, 0.29) is 11.1 Å². The molecule has 192 valence electrons. The lowest BCUT2D eigenvalue weighted by atomic mass is 9.76. The molecule has 1 saturated heterocycles. The summed E-state index contributed by atoms with van der Waals surface area (Å²) in [6, 6.07) is 24.8. The van der Waals surface area contributed by atoms with E-state index in [0.717, 1.165) is 0 Å². The second-order valence-corrected chi connectivity index (χ2v) is 9.33. The minimum atomic E-state index is -2.03. The van der Waals surface area contributed by atoms with Crippen LogP contribution in [0.3, 0.4) is 0 Å². The molecule has 4 atom stereocenters. The normalized spacial score (nSPS) is 26.8. The van der Waals surface area contributed by atoms with Crippen LogP contribution in [0, 0.1) is 0 Å². The fourth-order valence-corrected chi connectivity index (χ4v) is 4.16. The van der Waals surface area contributed by atoms with Crippen LogP contribution in [-0.2, 0) is 18.9 Å². The maximum atomic E-state index is 13.1. The number of benzene rings is 3. The zero-order chi connectivity index (χ0) is 26.7. The molecule has 0 aromatic heterocycles. The molecule has 0 saturated carbocycles. The van der Waals surface area contributed by atoms with Crippen molar-refractivity contribution in [2.24, 2.45) is 0 Å². The predicted octanol–water partition coefficient (Wildman–Crippen LogP) is 4.18. The van der Waals surface area contributed by atoms with Gasteiger partial charge < -0.3 is 24.1 Å². The number of ether oxygens (including phenoxy) is 4. The van der Waals surface area contributed by atoms with Crippen LogP contribution in [0.2, 0.25) is 0 Å². The molecule has 0 aliphatic carbocycles. The van der Waals surface area contributed by atoms with Gasteiger partial charge in [-0.15, -0.1) is 0 Å².